The van der Waals surface area contributed by atoms with Gasteiger partial charge in [0, 0.05) is 41.6 Å². The summed E-state index contributed by atoms with van der Waals surface area (Å²) in [6, 6.07) is 7.58. The van der Waals surface area contributed by atoms with E-state index in [-0.39, 0.29) is 11.8 Å². The Hall–Kier alpha value is -1.81. The Morgan fingerprint density at radius 1 is 1.35 bits per heavy atom. The van der Waals surface area contributed by atoms with Crippen molar-refractivity contribution < 1.29 is 4.79 Å². The highest BCUT2D eigenvalue weighted by molar-refractivity contribution is 5.89. The number of likely N-dealkylation sites (N-methyl/N-ethyl adjacent to an activating group) is 1. The molecule has 0 saturated carbocycles. The zero-order valence-electron chi connectivity index (χ0n) is 14.1. The number of nitrogens with two attached hydrogens (primary N) is 1. The molecule has 2 aromatic rings. The molecule has 122 valence electrons. The first-order valence-electron chi connectivity index (χ1n) is 8.59. The standard InChI is InChI=1S/C19H25N3O/c1-11(2)22-10-12-8-17-15(7-13(19(20)23)9-21(17)3)14-5-4-6-16(22)18(12)14/h4-6,10-11,13,15,17H,7-9H2,1-3H3,(H2,20,23)/t13-,15-,17-/m1/s1. The third kappa shape index (κ3) is 2.12. The Morgan fingerprint density at radius 2 is 2.13 bits per heavy atom. The minimum absolute atomic E-state index is 0.0368. The molecule has 0 bridgehead atoms. The molecule has 2 N–H and O–H groups in total. The monoisotopic (exact) mass is 311 g/mol. The van der Waals surface area contributed by atoms with Gasteiger partial charge in [-0.3, -0.25) is 4.79 Å². The van der Waals surface area contributed by atoms with Crippen molar-refractivity contribution in [1.29, 1.82) is 0 Å². The fraction of sp³-hybridized carbons (Fsp3) is 0.526. The highest BCUT2D eigenvalue weighted by Crippen LogP contribution is 2.45. The van der Waals surface area contributed by atoms with Gasteiger partial charge >= 0.3 is 0 Å². The molecule has 2 aliphatic rings. The number of likely N-dealkylation sites (tertiary alicyclic amines) is 1. The lowest BCUT2D eigenvalue weighted by molar-refractivity contribution is -0.124. The van der Waals surface area contributed by atoms with Gasteiger partial charge in [0.2, 0.25) is 5.91 Å². The zero-order valence-corrected chi connectivity index (χ0v) is 14.1. The predicted molar refractivity (Wildman–Crippen MR) is 92.5 cm³/mol. The van der Waals surface area contributed by atoms with Crippen LogP contribution in [0.1, 0.15) is 43.4 Å². The lowest BCUT2D eigenvalue weighted by atomic mass is 9.72. The number of primary amides is 1. The molecular formula is C19H25N3O. The normalized spacial score (nSPS) is 27.4. The fourth-order valence-corrected chi connectivity index (χ4v) is 4.71. The van der Waals surface area contributed by atoms with E-state index in [0.717, 1.165) is 19.4 Å². The van der Waals surface area contributed by atoms with Crippen molar-refractivity contribution in [2.24, 2.45) is 11.7 Å². The second-order valence-electron chi connectivity index (χ2n) is 7.55. The van der Waals surface area contributed by atoms with Gasteiger partial charge in [-0.05, 0) is 50.9 Å². The molecule has 1 aliphatic carbocycles. The zero-order chi connectivity index (χ0) is 16.3. The summed E-state index contributed by atoms with van der Waals surface area (Å²) in [6.45, 7) is 5.25. The van der Waals surface area contributed by atoms with E-state index >= 15 is 0 Å². The van der Waals surface area contributed by atoms with Crippen LogP contribution < -0.4 is 5.73 Å². The van der Waals surface area contributed by atoms with E-state index < -0.39 is 0 Å². The molecule has 1 saturated heterocycles. The molecule has 1 aromatic carbocycles. The van der Waals surface area contributed by atoms with E-state index in [4.69, 9.17) is 5.73 Å². The summed E-state index contributed by atoms with van der Waals surface area (Å²) in [5, 5.41) is 1.42. The molecule has 4 rings (SSSR count). The molecular weight excluding hydrogens is 286 g/mol. The van der Waals surface area contributed by atoms with Gasteiger partial charge in [-0.15, -0.1) is 0 Å². The Kier molecular flexibility index (Phi) is 3.27. The van der Waals surface area contributed by atoms with Crippen molar-refractivity contribution in [2.45, 2.75) is 44.7 Å². The predicted octanol–water partition coefficient (Wildman–Crippen LogP) is 2.67. The summed E-state index contributed by atoms with van der Waals surface area (Å²) in [4.78, 5) is 14.1. The van der Waals surface area contributed by atoms with Gasteiger partial charge in [-0.25, -0.2) is 0 Å². The van der Waals surface area contributed by atoms with Crippen molar-refractivity contribution in [1.82, 2.24) is 9.47 Å². The van der Waals surface area contributed by atoms with E-state index in [0.29, 0.717) is 18.0 Å². The number of rotatable bonds is 2. The Bertz CT molecular complexity index is 776. The minimum Gasteiger partial charge on any atom is -0.369 e. The van der Waals surface area contributed by atoms with E-state index in [2.05, 4.69) is 54.8 Å². The number of piperidine rings is 1. The van der Waals surface area contributed by atoms with Crippen LogP contribution in [0.4, 0.5) is 0 Å². The molecule has 23 heavy (non-hydrogen) atoms. The van der Waals surface area contributed by atoms with Gasteiger partial charge in [0.05, 0.1) is 5.92 Å². The van der Waals surface area contributed by atoms with Gasteiger partial charge in [0.15, 0.2) is 0 Å². The summed E-state index contributed by atoms with van der Waals surface area (Å²) in [6.07, 6.45) is 4.29. The number of amides is 1. The molecule has 1 aliphatic heterocycles. The van der Waals surface area contributed by atoms with Crippen molar-refractivity contribution in [3.8, 4) is 0 Å². The number of fused-ring (bicyclic) bond motifs is 2. The maximum Gasteiger partial charge on any atom is 0.221 e. The number of hydrogen-bond donors (Lipinski definition) is 1. The van der Waals surface area contributed by atoms with Gasteiger partial charge in [0.1, 0.15) is 0 Å². The maximum absolute atomic E-state index is 11.7. The summed E-state index contributed by atoms with van der Waals surface area (Å²) in [5.74, 6) is 0.212. The minimum atomic E-state index is -0.159. The average Bonchev–Trinajstić information content (AvgIpc) is 2.88. The SMILES string of the molecule is CC(C)n1cc2c3c(cccc31)[C@H]1C[C@@H](C(N)=O)CN(C)[C@@H]1C2. The quantitative estimate of drug-likeness (QED) is 0.927. The Balaban J connectivity index is 1.87. The first-order valence-corrected chi connectivity index (χ1v) is 8.59. The fourth-order valence-electron chi connectivity index (χ4n) is 4.71. The van der Waals surface area contributed by atoms with Crippen LogP contribution in [0.15, 0.2) is 24.4 Å². The topological polar surface area (TPSA) is 51.3 Å². The number of aromatic nitrogens is 1. The summed E-state index contributed by atoms with van der Waals surface area (Å²) in [5.41, 5.74) is 9.81. The molecule has 0 radical (unpaired) electrons. The Morgan fingerprint density at radius 3 is 2.83 bits per heavy atom. The van der Waals surface area contributed by atoms with Gasteiger partial charge in [-0.2, -0.15) is 0 Å². The highest BCUT2D eigenvalue weighted by atomic mass is 16.1. The largest absolute Gasteiger partial charge is 0.369 e. The smallest absolute Gasteiger partial charge is 0.221 e. The van der Waals surface area contributed by atoms with Crippen LogP contribution in [0.5, 0.6) is 0 Å². The van der Waals surface area contributed by atoms with Gasteiger partial charge < -0.3 is 15.2 Å². The molecule has 1 aromatic heterocycles. The third-order valence-corrected chi connectivity index (χ3v) is 5.83. The molecule has 4 nitrogen and oxygen atoms in total. The number of nitrogens with zero attached hydrogens (tertiary/aromatic N) is 2. The molecule has 3 atom stereocenters. The van der Waals surface area contributed by atoms with Crippen LogP contribution in [0, 0.1) is 5.92 Å². The first-order chi connectivity index (χ1) is 11.0. The van der Waals surface area contributed by atoms with E-state index in [9.17, 15) is 4.79 Å². The van der Waals surface area contributed by atoms with Crippen LogP contribution in [0.3, 0.4) is 0 Å². The number of benzene rings is 1. The van der Waals surface area contributed by atoms with Crippen LogP contribution in [0.25, 0.3) is 10.9 Å². The number of carbonyl (C=O) groups is 1. The lowest BCUT2D eigenvalue weighted by Gasteiger charge is -2.44. The molecule has 0 spiro atoms. The van der Waals surface area contributed by atoms with Crippen LogP contribution in [-0.2, 0) is 11.2 Å². The second-order valence-corrected chi connectivity index (χ2v) is 7.55. The van der Waals surface area contributed by atoms with Crippen molar-refractivity contribution in [3.63, 3.8) is 0 Å². The van der Waals surface area contributed by atoms with Gasteiger partial charge in [-0.1, -0.05) is 12.1 Å². The average molecular weight is 311 g/mol. The van der Waals surface area contributed by atoms with Crippen LogP contribution in [-0.4, -0.2) is 35.0 Å². The summed E-state index contributed by atoms with van der Waals surface area (Å²) < 4.78 is 2.39. The first kappa shape index (κ1) is 14.8. The number of carbonyl (C=O) groups excluding carboxylic acids is 1. The molecule has 2 heterocycles. The van der Waals surface area contributed by atoms with Gasteiger partial charge in [0.25, 0.3) is 0 Å². The van der Waals surface area contributed by atoms with E-state index in [1.807, 2.05) is 0 Å². The van der Waals surface area contributed by atoms with E-state index in [1.165, 1.54) is 22.0 Å². The molecule has 0 unspecified atom stereocenters. The summed E-state index contributed by atoms with van der Waals surface area (Å²) >= 11 is 0. The summed E-state index contributed by atoms with van der Waals surface area (Å²) in [7, 11) is 2.14. The Labute approximate surface area is 137 Å². The second kappa shape index (κ2) is 5.10. The molecule has 1 amide bonds. The van der Waals surface area contributed by atoms with E-state index in [1.54, 1.807) is 0 Å². The highest BCUT2D eigenvalue weighted by Gasteiger charge is 2.41. The van der Waals surface area contributed by atoms with Crippen molar-refractivity contribution in [3.05, 3.63) is 35.5 Å². The van der Waals surface area contributed by atoms with Crippen molar-refractivity contribution >= 4 is 16.8 Å². The van der Waals surface area contributed by atoms with Crippen LogP contribution >= 0.6 is 0 Å². The molecule has 1 fully saturated rings. The lowest BCUT2D eigenvalue weighted by Crippen LogP contribution is -2.50. The third-order valence-electron chi connectivity index (χ3n) is 5.83. The van der Waals surface area contributed by atoms with Crippen LogP contribution in [0.2, 0.25) is 0 Å². The maximum atomic E-state index is 11.7. The van der Waals surface area contributed by atoms with Crippen molar-refractivity contribution in [2.75, 3.05) is 13.6 Å². The number of hydrogen-bond acceptors (Lipinski definition) is 2. The molecule has 4 heteroatoms.